The smallest absolute Gasteiger partial charge is 0.315 e. The van der Waals surface area contributed by atoms with E-state index in [4.69, 9.17) is 18.9 Å². The molecule has 18 unspecified atom stereocenters. The predicted molar refractivity (Wildman–Crippen MR) is 193 cm³/mol. The number of allylic oxidation sites excluding steroid dienone is 2. The summed E-state index contributed by atoms with van der Waals surface area (Å²) in [5.41, 5.74) is -0.724. The summed E-state index contributed by atoms with van der Waals surface area (Å²) < 4.78 is 23.7. The highest BCUT2D eigenvalue weighted by Gasteiger charge is 2.70. The van der Waals surface area contributed by atoms with E-state index in [1.54, 1.807) is 0 Å². The van der Waals surface area contributed by atoms with Gasteiger partial charge in [0.2, 0.25) is 6.29 Å². The lowest BCUT2D eigenvalue weighted by Crippen LogP contribution is -2.67. The Morgan fingerprint density at radius 1 is 0.796 bits per heavy atom. The van der Waals surface area contributed by atoms with Crippen molar-refractivity contribution in [2.45, 2.75) is 167 Å². The molecule has 0 radical (unpaired) electrons. The molecular weight excluding hydrogens is 700 g/mol. The van der Waals surface area contributed by atoms with Crippen LogP contribution in [0.4, 0.5) is 0 Å². The van der Waals surface area contributed by atoms with Crippen molar-refractivity contribution in [1.29, 1.82) is 0 Å². The second kappa shape index (κ2) is 14.0. The summed E-state index contributed by atoms with van der Waals surface area (Å²) in [6, 6.07) is 0. The average molecular weight is 767 g/mol. The number of rotatable bonds is 6. The van der Waals surface area contributed by atoms with Crippen LogP contribution in [0.1, 0.15) is 106 Å². The van der Waals surface area contributed by atoms with Crippen LogP contribution in [0.5, 0.6) is 0 Å². The monoisotopic (exact) mass is 766 g/mol. The van der Waals surface area contributed by atoms with Gasteiger partial charge in [0.1, 0.15) is 42.7 Å². The number of fused-ring (bicyclic) bond motifs is 7. The van der Waals surface area contributed by atoms with Gasteiger partial charge in [-0.05, 0) is 104 Å². The second-order valence-electron chi connectivity index (χ2n) is 20.1. The first-order valence-corrected chi connectivity index (χ1v) is 20.4. The molecule has 2 heterocycles. The molecule has 0 spiro atoms. The Bertz CT molecular complexity index is 1450. The van der Waals surface area contributed by atoms with Crippen molar-refractivity contribution in [1.82, 2.24) is 0 Å². The van der Waals surface area contributed by atoms with E-state index in [0.29, 0.717) is 19.3 Å². The van der Waals surface area contributed by atoms with Gasteiger partial charge in [0, 0.05) is 5.41 Å². The fourth-order valence-electron chi connectivity index (χ4n) is 13.3. The standard InChI is InChI=1S/C41H66O13/c1-36(2)13-15-41(35(50)54-34-32(49)30(47)29(46)24(18-42)52-34)16-14-39(5)21(22(41)17-36)7-8-26-37(3)11-10-27(53-33-31(48)28(45)23(44)19-51-33)38(4,20-43)25(37)9-12-40(26,39)6/h7,22-34,42-49H,8-20H2,1-6H3. The Hall–Kier alpha value is -1.23. The summed E-state index contributed by atoms with van der Waals surface area (Å²) in [7, 11) is 0. The van der Waals surface area contributed by atoms with Gasteiger partial charge in [-0.25, -0.2) is 0 Å². The van der Waals surface area contributed by atoms with Crippen molar-refractivity contribution in [3.63, 3.8) is 0 Å². The molecular formula is C41H66O13. The molecule has 2 aliphatic heterocycles. The van der Waals surface area contributed by atoms with E-state index in [0.717, 1.165) is 44.9 Å². The summed E-state index contributed by atoms with van der Waals surface area (Å²) in [5, 5.41) is 83.4. The van der Waals surface area contributed by atoms with Crippen LogP contribution in [0, 0.1) is 50.2 Å². The van der Waals surface area contributed by atoms with Crippen molar-refractivity contribution >= 4 is 5.97 Å². The van der Waals surface area contributed by atoms with Gasteiger partial charge in [0.15, 0.2) is 6.29 Å². The molecule has 0 amide bonds. The Kier molecular flexibility index (Phi) is 10.6. The van der Waals surface area contributed by atoms with Crippen LogP contribution in [0.3, 0.4) is 0 Å². The van der Waals surface area contributed by atoms with Gasteiger partial charge in [0.05, 0.1) is 31.3 Å². The number of ether oxygens (including phenoxy) is 4. The van der Waals surface area contributed by atoms with E-state index >= 15 is 0 Å². The Labute approximate surface area is 319 Å². The average Bonchev–Trinajstić information content (AvgIpc) is 3.13. The second-order valence-corrected chi connectivity index (χ2v) is 20.1. The zero-order valence-corrected chi connectivity index (χ0v) is 32.9. The molecule has 0 bridgehead atoms. The Morgan fingerprint density at radius 3 is 2.17 bits per heavy atom. The fraction of sp³-hybridized carbons (Fsp3) is 0.927. The number of hydrogen-bond donors (Lipinski definition) is 8. The first kappa shape index (κ1) is 40.9. The van der Waals surface area contributed by atoms with Gasteiger partial charge in [0.25, 0.3) is 0 Å². The van der Waals surface area contributed by atoms with Gasteiger partial charge in [-0.3, -0.25) is 4.79 Å². The highest BCUT2D eigenvalue weighted by Crippen LogP contribution is 2.76. The summed E-state index contributed by atoms with van der Waals surface area (Å²) in [4.78, 5) is 14.5. The van der Waals surface area contributed by atoms with E-state index < -0.39 is 84.8 Å². The molecule has 0 aromatic carbocycles. The number of carbonyl (C=O) groups excluding carboxylic acids is 1. The maximum absolute atomic E-state index is 14.5. The molecule has 13 nitrogen and oxygen atoms in total. The third kappa shape index (κ3) is 5.92. The van der Waals surface area contributed by atoms with Gasteiger partial charge in [-0.2, -0.15) is 0 Å². The third-order valence-corrected chi connectivity index (χ3v) is 17.0. The number of esters is 1. The Balaban J connectivity index is 1.17. The van der Waals surface area contributed by atoms with E-state index in [-0.39, 0.29) is 52.6 Å². The minimum atomic E-state index is -1.66. The molecule has 18 atom stereocenters. The highest BCUT2D eigenvalue weighted by atomic mass is 16.7. The van der Waals surface area contributed by atoms with Crippen molar-refractivity contribution in [2.24, 2.45) is 50.2 Å². The van der Waals surface area contributed by atoms with Crippen molar-refractivity contribution < 1.29 is 64.6 Å². The van der Waals surface area contributed by atoms with Crippen LogP contribution in [-0.2, 0) is 23.7 Å². The largest absolute Gasteiger partial charge is 0.432 e. The number of carbonyl (C=O) groups is 1. The molecule has 0 aromatic rings. The lowest BCUT2D eigenvalue weighted by Gasteiger charge is -2.71. The summed E-state index contributed by atoms with van der Waals surface area (Å²) in [6.45, 7) is 12.9. The SMILES string of the molecule is CC1(C)CCC2(C(=O)OC3OC(CO)C(O)C(O)C3O)CCC3(C)C(=CCC4C5(C)CCC(OC6OCC(O)C(O)C6O)C(C)(CO)C5CCC43C)C2C1. The predicted octanol–water partition coefficient (Wildman–Crippen LogP) is 1.93. The minimum Gasteiger partial charge on any atom is -0.432 e. The summed E-state index contributed by atoms with van der Waals surface area (Å²) in [5.74, 6) is -0.193. The molecule has 308 valence electrons. The molecule has 6 fully saturated rings. The van der Waals surface area contributed by atoms with Crippen LogP contribution in [0.2, 0.25) is 0 Å². The molecule has 0 aromatic heterocycles. The fourth-order valence-corrected chi connectivity index (χ4v) is 13.3. The molecule has 2 saturated heterocycles. The van der Waals surface area contributed by atoms with Gasteiger partial charge >= 0.3 is 5.97 Å². The van der Waals surface area contributed by atoms with Crippen LogP contribution in [0.15, 0.2) is 11.6 Å². The molecule has 54 heavy (non-hydrogen) atoms. The molecule has 4 saturated carbocycles. The third-order valence-electron chi connectivity index (χ3n) is 17.0. The minimum absolute atomic E-state index is 0.0247. The van der Waals surface area contributed by atoms with E-state index in [2.05, 4.69) is 47.6 Å². The zero-order chi connectivity index (χ0) is 39.4. The summed E-state index contributed by atoms with van der Waals surface area (Å²) in [6.07, 6.45) is -2.97. The van der Waals surface area contributed by atoms with Crippen molar-refractivity contribution in [2.75, 3.05) is 19.8 Å². The quantitative estimate of drug-likeness (QED) is 0.110. The van der Waals surface area contributed by atoms with Crippen molar-refractivity contribution in [3.05, 3.63) is 11.6 Å². The van der Waals surface area contributed by atoms with Gasteiger partial charge < -0.3 is 59.8 Å². The highest BCUT2D eigenvalue weighted by molar-refractivity contribution is 5.79. The number of hydrogen-bond acceptors (Lipinski definition) is 13. The van der Waals surface area contributed by atoms with E-state index in [1.165, 1.54) is 5.57 Å². The van der Waals surface area contributed by atoms with Gasteiger partial charge in [-0.1, -0.05) is 53.2 Å². The molecule has 7 rings (SSSR count). The Morgan fingerprint density at radius 2 is 1.48 bits per heavy atom. The van der Waals surface area contributed by atoms with E-state index in [9.17, 15) is 45.6 Å². The van der Waals surface area contributed by atoms with Crippen LogP contribution < -0.4 is 0 Å². The zero-order valence-electron chi connectivity index (χ0n) is 32.9. The first-order chi connectivity index (χ1) is 25.2. The summed E-state index contributed by atoms with van der Waals surface area (Å²) >= 11 is 0. The topological polar surface area (TPSA) is 216 Å². The maximum atomic E-state index is 14.5. The van der Waals surface area contributed by atoms with Crippen molar-refractivity contribution in [3.8, 4) is 0 Å². The molecule has 8 N–H and O–H groups in total. The molecule has 13 heteroatoms. The number of aliphatic hydroxyl groups excluding tert-OH is 8. The van der Waals surface area contributed by atoms with Crippen LogP contribution >= 0.6 is 0 Å². The first-order valence-electron chi connectivity index (χ1n) is 20.4. The molecule has 5 aliphatic carbocycles. The normalized spacial score (nSPS) is 54.3. The van der Waals surface area contributed by atoms with Crippen LogP contribution in [-0.4, -0.2) is 128 Å². The lowest BCUT2D eigenvalue weighted by atomic mass is 9.33. The van der Waals surface area contributed by atoms with Gasteiger partial charge in [-0.15, -0.1) is 0 Å². The lowest BCUT2D eigenvalue weighted by molar-refractivity contribution is -0.312. The maximum Gasteiger partial charge on any atom is 0.315 e. The van der Waals surface area contributed by atoms with Crippen LogP contribution in [0.25, 0.3) is 0 Å². The number of aliphatic hydroxyl groups is 8. The van der Waals surface area contributed by atoms with E-state index in [1.807, 2.05) is 0 Å². The molecule has 7 aliphatic rings.